The zero-order chi connectivity index (χ0) is 19.6. The molecule has 146 valence electrons. The highest BCUT2D eigenvalue weighted by Crippen LogP contribution is 2.27. The molecule has 6 heteroatoms. The fourth-order valence-electron chi connectivity index (χ4n) is 2.74. The number of hydrogen-bond acceptors (Lipinski definition) is 4. The topological polar surface area (TPSA) is 64.1 Å². The van der Waals surface area contributed by atoms with Crippen LogP contribution in [0.2, 0.25) is 0 Å². The lowest BCUT2D eigenvalue weighted by atomic mass is 10.1. The summed E-state index contributed by atoms with van der Waals surface area (Å²) in [6.45, 7) is 3.46. The third kappa shape index (κ3) is 5.81. The number of ether oxygens (including phenoxy) is 3. The van der Waals surface area contributed by atoms with Crippen LogP contribution in [-0.2, 0) is 13.0 Å². The average Bonchev–Trinajstić information content (AvgIpc) is 2.71. The van der Waals surface area contributed by atoms with Gasteiger partial charge in [-0.05, 0) is 48.2 Å². The second-order valence-corrected chi connectivity index (χ2v) is 6.10. The molecule has 0 atom stereocenters. The second-order valence-electron chi connectivity index (χ2n) is 6.10. The standard InChI is InChI=1S/C21H29N3O3/c1-15-6-7-17(13-19(15)26-4)14-24-21(22-2)23-11-10-16-8-9-18(25-3)20(12-16)27-5/h6-9,12-13H,10-11,14H2,1-5H3,(H2,22,23,24). The summed E-state index contributed by atoms with van der Waals surface area (Å²) in [5.41, 5.74) is 3.43. The van der Waals surface area contributed by atoms with Crippen LogP contribution in [0.5, 0.6) is 17.2 Å². The highest BCUT2D eigenvalue weighted by molar-refractivity contribution is 5.79. The maximum atomic E-state index is 5.38. The lowest BCUT2D eigenvalue weighted by Gasteiger charge is -2.14. The van der Waals surface area contributed by atoms with Crippen LogP contribution in [-0.4, -0.2) is 40.9 Å². The van der Waals surface area contributed by atoms with E-state index in [4.69, 9.17) is 14.2 Å². The molecule has 0 saturated carbocycles. The fraction of sp³-hybridized carbons (Fsp3) is 0.381. The van der Waals surface area contributed by atoms with Gasteiger partial charge >= 0.3 is 0 Å². The van der Waals surface area contributed by atoms with Gasteiger partial charge in [0.1, 0.15) is 5.75 Å². The van der Waals surface area contributed by atoms with Gasteiger partial charge in [-0.25, -0.2) is 0 Å². The van der Waals surface area contributed by atoms with E-state index in [0.717, 1.165) is 47.3 Å². The quantitative estimate of drug-likeness (QED) is 0.552. The molecule has 2 aromatic carbocycles. The summed E-state index contributed by atoms with van der Waals surface area (Å²) in [5, 5.41) is 6.65. The van der Waals surface area contributed by atoms with E-state index in [1.807, 2.05) is 31.2 Å². The summed E-state index contributed by atoms with van der Waals surface area (Å²) in [6, 6.07) is 12.1. The monoisotopic (exact) mass is 371 g/mol. The van der Waals surface area contributed by atoms with Crippen molar-refractivity contribution in [2.24, 2.45) is 4.99 Å². The summed E-state index contributed by atoms with van der Waals surface area (Å²) >= 11 is 0. The number of benzene rings is 2. The van der Waals surface area contributed by atoms with Gasteiger partial charge in [0.25, 0.3) is 0 Å². The third-order valence-electron chi connectivity index (χ3n) is 4.31. The van der Waals surface area contributed by atoms with Crippen LogP contribution in [0.15, 0.2) is 41.4 Å². The number of rotatable bonds is 8. The first-order valence-electron chi connectivity index (χ1n) is 8.90. The van der Waals surface area contributed by atoms with Crippen molar-refractivity contribution in [1.82, 2.24) is 10.6 Å². The van der Waals surface area contributed by atoms with E-state index in [1.165, 1.54) is 5.56 Å². The Morgan fingerprint density at radius 1 is 0.852 bits per heavy atom. The van der Waals surface area contributed by atoms with Crippen molar-refractivity contribution in [3.63, 3.8) is 0 Å². The highest BCUT2D eigenvalue weighted by atomic mass is 16.5. The number of methoxy groups -OCH3 is 3. The molecule has 27 heavy (non-hydrogen) atoms. The number of nitrogens with zero attached hydrogens (tertiary/aromatic N) is 1. The normalized spacial score (nSPS) is 11.1. The molecule has 0 bridgehead atoms. The number of nitrogens with one attached hydrogen (secondary N) is 2. The maximum absolute atomic E-state index is 5.38. The molecule has 0 aliphatic heterocycles. The summed E-state index contributed by atoms with van der Waals surface area (Å²) in [7, 11) is 6.74. The van der Waals surface area contributed by atoms with Crippen molar-refractivity contribution in [1.29, 1.82) is 0 Å². The zero-order valence-corrected chi connectivity index (χ0v) is 16.8. The van der Waals surface area contributed by atoms with Gasteiger partial charge in [0, 0.05) is 20.1 Å². The largest absolute Gasteiger partial charge is 0.496 e. The van der Waals surface area contributed by atoms with Crippen LogP contribution in [0.3, 0.4) is 0 Å². The molecule has 0 aliphatic rings. The molecule has 2 rings (SSSR count). The minimum Gasteiger partial charge on any atom is -0.496 e. The average molecular weight is 371 g/mol. The first kappa shape index (κ1) is 20.4. The SMILES string of the molecule is CN=C(NCCc1ccc(OC)c(OC)c1)NCc1ccc(C)c(OC)c1. The van der Waals surface area contributed by atoms with Crippen molar-refractivity contribution in [2.75, 3.05) is 34.9 Å². The Morgan fingerprint density at radius 2 is 1.52 bits per heavy atom. The first-order chi connectivity index (χ1) is 13.1. The minimum atomic E-state index is 0.673. The minimum absolute atomic E-state index is 0.673. The van der Waals surface area contributed by atoms with E-state index in [0.29, 0.717) is 6.54 Å². The molecule has 0 aliphatic carbocycles. The van der Waals surface area contributed by atoms with E-state index in [1.54, 1.807) is 28.4 Å². The Labute approximate surface area is 161 Å². The Morgan fingerprint density at radius 3 is 2.19 bits per heavy atom. The summed E-state index contributed by atoms with van der Waals surface area (Å²) in [4.78, 5) is 4.27. The van der Waals surface area contributed by atoms with Crippen molar-refractivity contribution in [2.45, 2.75) is 19.9 Å². The molecule has 2 N–H and O–H groups in total. The Bertz CT molecular complexity index is 775. The molecule has 0 radical (unpaired) electrons. The number of aryl methyl sites for hydroxylation is 1. The van der Waals surface area contributed by atoms with Gasteiger partial charge in [-0.15, -0.1) is 0 Å². The molecule has 0 saturated heterocycles. The molecule has 0 heterocycles. The third-order valence-corrected chi connectivity index (χ3v) is 4.31. The number of aliphatic imine (C=N–C) groups is 1. The van der Waals surface area contributed by atoms with Gasteiger partial charge in [-0.3, -0.25) is 4.99 Å². The maximum Gasteiger partial charge on any atom is 0.191 e. The van der Waals surface area contributed by atoms with Crippen LogP contribution in [0.1, 0.15) is 16.7 Å². The van der Waals surface area contributed by atoms with Crippen molar-refractivity contribution in [3.8, 4) is 17.2 Å². The second kappa shape index (κ2) is 10.3. The molecule has 6 nitrogen and oxygen atoms in total. The smallest absolute Gasteiger partial charge is 0.191 e. The summed E-state index contributed by atoms with van der Waals surface area (Å²) in [6.07, 6.45) is 0.847. The molecule has 0 aromatic heterocycles. The highest BCUT2D eigenvalue weighted by Gasteiger charge is 2.05. The van der Waals surface area contributed by atoms with Gasteiger partial charge in [0.15, 0.2) is 17.5 Å². The van der Waals surface area contributed by atoms with Crippen LogP contribution in [0.25, 0.3) is 0 Å². The van der Waals surface area contributed by atoms with Gasteiger partial charge in [0.2, 0.25) is 0 Å². The predicted octanol–water partition coefficient (Wildman–Crippen LogP) is 2.93. The Kier molecular flexibility index (Phi) is 7.79. The Balaban J connectivity index is 1.85. The van der Waals surface area contributed by atoms with Crippen molar-refractivity contribution < 1.29 is 14.2 Å². The number of guanidine groups is 1. The van der Waals surface area contributed by atoms with Gasteiger partial charge in [-0.2, -0.15) is 0 Å². The van der Waals surface area contributed by atoms with Crippen LogP contribution in [0.4, 0.5) is 0 Å². The first-order valence-corrected chi connectivity index (χ1v) is 8.90. The summed E-state index contributed by atoms with van der Waals surface area (Å²) in [5.74, 6) is 3.13. The van der Waals surface area contributed by atoms with Gasteiger partial charge < -0.3 is 24.8 Å². The summed E-state index contributed by atoms with van der Waals surface area (Å²) < 4.78 is 16.0. The van der Waals surface area contributed by atoms with Crippen molar-refractivity contribution in [3.05, 3.63) is 53.1 Å². The molecule has 0 amide bonds. The van der Waals surface area contributed by atoms with Crippen LogP contribution < -0.4 is 24.8 Å². The van der Waals surface area contributed by atoms with E-state index < -0.39 is 0 Å². The predicted molar refractivity (Wildman–Crippen MR) is 109 cm³/mol. The zero-order valence-electron chi connectivity index (χ0n) is 16.8. The van der Waals surface area contributed by atoms with E-state index in [9.17, 15) is 0 Å². The van der Waals surface area contributed by atoms with Crippen molar-refractivity contribution >= 4 is 5.96 Å². The molecular weight excluding hydrogens is 342 g/mol. The molecule has 0 unspecified atom stereocenters. The lowest BCUT2D eigenvalue weighted by molar-refractivity contribution is 0.354. The Hall–Kier alpha value is -2.89. The molecular formula is C21H29N3O3. The van der Waals surface area contributed by atoms with Crippen LogP contribution in [0, 0.1) is 6.92 Å². The molecule has 0 fully saturated rings. The lowest BCUT2D eigenvalue weighted by Crippen LogP contribution is -2.37. The van der Waals surface area contributed by atoms with E-state index in [2.05, 4.69) is 27.8 Å². The molecule has 0 spiro atoms. The van der Waals surface area contributed by atoms with Crippen LogP contribution >= 0.6 is 0 Å². The molecule has 2 aromatic rings. The van der Waals surface area contributed by atoms with E-state index in [-0.39, 0.29) is 0 Å². The van der Waals surface area contributed by atoms with Gasteiger partial charge in [-0.1, -0.05) is 18.2 Å². The fourth-order valence-corrected chi connectivity index (χ4v) is 2.74. The number of hydrogen-bond donors (Lipinski definition) is 2. The van der Waals surface area contributed by atoms with E-state index >= 15 is 0 Å². The van der Waals surface area contributed by atoms with Gasteiger partial charge in [0.05, 0.1) is 21.3 Å².